The molecule has 0 radical (unpaired) electrons. The maximum absolute atomic E-state index is 11.6. The second kappa shape index (κ2) is 6.51. The molecule has 0 aliphatic carbocycles. The van der Waals surface area contributed by atoms with Gasteiger partial charge in [0.05, 0.1) is 12.0 Å². The molecular formula is C13H18N2O4S. The number of thiophene rings is 1. The molecule has 0 saturated heterocycles. The molecule has 3 N–H and O–H groups in total. The molecule has 0 atom stereocenters. The predicted octanol–water partition coefficient (Wildman–Crippen LogP) is 1.76. The van der Waals surface area contributed by atoms with Gasteiger partial charge in [-0.3, -0.25) is 14.4 Å². The molecule has 110 valence electrons. The van der Waals surface area contributed by atoms with Crippen molar-refractivity contribution in [2.24, 2.45) is 11.1 Å². The van der Waals surface area contributed by atoms with Crippen LogP contribution in [0.15, 0.2) is 11.4 Å². The smallest absolute Gasteiger partial charge is 0.306 e. The van der Waals surface area contributed by atoms with Crippen LogP contribution in [0.1, 0.15) is 37.6 Å². The molecule has 0 fully saturated rings. The van der Waals surface area contributed by atoms with Crippen LogP contribution in [0, 0.1) is 5.41 Å². The van der Waals surface area contributed by atoms with Gasteiger partial charge in [-0.1, -0.05) is 20.8 Å². The van der Waals surface area contributed by atoms with E-state index in [2.05, 4.69) is 5.32 Å². The Balaban J connectivity index is 2.46. The van der Waals surface area contributed by atoms with Gasteiger partial charge in [0.2, 0.25) is 0 Å². The zero-order valence-electron chi connectivity index (χ0n) is 11.7. The van der Waals surface area contributed by atoms with Crippen molar-refractivity contribution in [2.75, 3.05) is 11.9 Å². The lowest BCUT2D eigenvalue weighted by Crippen LogP contribution is -2.24. The van der Waals surface area contributed by atoms with Gasteiger partial charge in [-0.2, -0.15) is 0 Å². The van der Waals surface area contributed by atoms with Crippen molar-refractivity contribution in [1.29, 1.82) is 0 Å². The fourth-order valence-electron chi connectivity index (χ4n) is 1.39. The highest BCUT2D eigenvalue weighted by Crippen LogP contribution is 2.22. The lowest BCUT2D eigenvalue weighted by molar-refractivity contribution is -0.149. The van der Waals surface area contributed by atoms with Gasteiger partial charge in [0, 0.05) is 0 Å². The first-order valence-corrected chi connectivity index (χ1v) is 6.90. The molecule has 0 aliphatic heterocycles. The van der Waals surface area contributed by atoms with E-state index in [1.54, 1.807) is 5.38 Å². The van der Waals surface area contributed by atoms with E-state index in [-0.39, 0.29) is 24.0 Å². The Hall–Kier alpha value is -1.89. The quantitative estimate of drug-likeness (QED) is 0.809. The fraction of sp³-hybridized carbons (Fsp3) is 0.462. The van der Waals surface area contributed by atoms with Crippen molar-refractivity contribution in [3.8, 4) is 0 Å². The molecule has 0 aliphatic rings. The van der Waals surface area contributed by atoms with Crippen LogP contribution in [0.25, 0.3) is 0 Å². The monoisotopic (exact) mass is 298 g/mol. The Labute approximate surface area is 121 Å². The summed E-state index contributed by atoms with van der Waals surface area (Å²) in [7, 11) is 0. The molecule has 2 amide bonds. The number of hydrogen-bond acceptors (Lipinski definition) is 5. The van der Waals surface area contributed by atoms with Crippen LogP contribution in [-0.4, -0.2) is 24.4 Å². The largest absolute Gasteiger partial charge is 0.456 e. The first-order valence-electron chi connectivity index (χ1n) is 6.02. The second-order valence-electron chi connectivity index (χ2n) is 5.47. The van der Waals surface area contributed by atoms with Crippen molar-refractivity contribution in [3.05, 3.63) is 17.0 Å². The molecule has 1 aromatic heterocycles. The van der Waals surface area contributed by atoms with E-state index in [9.17, 15) is 14.4 Å². The van der Waals surface area contributed by atoms with Gasteiger partial charge in [-0.05, 0) is 16.9 Å². The molecule has 0 spiro atoms. The zero-order valence-corrected chi connectivity index (χ0v) is 12.5. The Morgan fingerprint density at radius 2 is 2.00 bits per heavy atom. The van der Waals surface area contributed by atoms with Crippen LogP contribution in [0.3, 0.4) is 0 Å². The van der Waals surface area contributed by atoms with Crippen molar-refractivity contribution in [3.63, 3.8) is 0 Å². The Morgan fingerprint density at radius 1 is 1.35 bits per heavy atom. The Morgan fingerprint density at radius 3 is 2.55 bits per heavy atom. The lowest BCUT2D eigenvalue weighted by Gasteiger charge is -2.16. The van der Waals surface area contributed by atoms with Gasteiger partial charge >= 0.3 is 5.97 Å². The van der Waals surface area contributed by atoms with Crippen LogP contribution < -0.4 is 11.1 Å². The number of carbonyl (C=O) groups is 3. The molecule has 0 bridgehead atoms. The van der Waals surface area contributed by atoms with Gasteiger partial charge in [0.15, 0.2) is 6.61 Å². The van der Waals surface area contributed by atoms with Gasteiger partial charge in [0.1, 0.15) is 5.00 Å². The molecular weight excluding hydrogens is 280 g/mol. The van der Waals surface area contributed by atoms with Crippen LogP contribution in [0.5, 0.6) is 0 Å². The molecule has 1 rings (SSSR count). The number of primary amides is 1. The summed E-state index contributed by atoms with van der Waals surface area (Å²) in [6, 6.07) is 1.52. The number of hydrogen-bond donors (Lipinski definition) is 2. The minimum absolute atomic E-state index is 0.194. The Bertz CT molecular complexity index is 517. The maximum atomic E-state index is 11.6. The summed E-state index contributed by atoms with van der Waals surface area (Å²) in [5, 5.41) is 4.49. The summed E-state index contributed by atoms with van der Waals surface area (Å²) in [5.74, 6) is -1.56. The van der Waals surface area contributed by atoms with E-state index in [0.29, 0.717) is 5.00 Å². The number of nitrogens with two attached hydrogens (primary N) is 1. The van der Waals surface area contributed by atoms with E-state index in [1.807, 2.05) is 20.8 Å². The number of rotatable bonds is 5. The maximum Gasteiger partial charge on any atom is 0.306 e. The standard InChI is InChI=1S/C13H18N2O4S/c1-13(2,3)6-10(17)19-7-9(16)15-12-8(11(14)18)4-5-20-12/h4-5H,6-7H2,1-3H3,(H2,14,18)(H,15,16). The summed E-state index contributed by atoms with van der Waals surface area (Å²) < 4.78 is 4.87. The van der Waals surface area contributed by atoms with Gasteiger partial charge in [-0.25, -0.2) is 0 Å². The predicted molar refractivity (Wildman–Crippen MR) is 76.5 cm³/mol. The SMILES string of the molecule is CC(C)(C)CC(=O)OCC(=O)Nc1sccc1C(N)=O. The average Bonchev–Trinajstić information content (AvgIpc) is 2.72. The van der Waals surface area contributed by atoms with Gasteiger partial charge in [0.25, 0.3) is 11.8 Å². The van der Waals surface area contributed by atoms with Crippen molar-refractivity contribution >= 4 is 34.1 Å². The minimum atomic E-state index is -0.619. The summed E-state index contributed by atoms with van der Waals surface area (Å²) in [5.41, 5.74) is 5.20. The summed E-state index contributed by atoms with van der Waals surface area (Å²) in [6.07, 6.45) is 0.228. The Kier molecular flexibility index (Phi) is 5.26. The molecule has 1 heterocycles. The van der Waals surface area contributed by atoms with Crippen LogP contribution >= 0.6 is 11.3 Å². The van der Waals surface area contributed by atoms with E-state index in [4.69, 9.17) is 10.5 Å². The highest BCUT2D eigenvalue weighted by atomic mass is 32.1. The molecule has 1 aromatic rings. The molecule has 6 nitrogen and oxygen atoms in total. The van der Waals surface area contributed by atoms with Crippen LogP contribution in [-0.2, 0) is 14.3 Å². The number of carbonyl (C=O) groups excluding carboxylic acids is 3. The minimum Gasteiger partial charge on any atom is -0.456 e. The molecule has 7 heteroatoms. The highest BCUT2D eigenvalue weighted by molar-refractivity contribution is 7.14. The fourth-order valence-corrected chi connectivity index (χ4v) is 2.20. The van der Waals surface area contributed by atoms with E-state index in [0.717, 1.165) is 0 Å². The number of amides is 2. The van der Waals surface area contributed by atoms with Crippen molar-refractivity contribution < 1.29 is 19.1 Å². The van der Waals surface area contributed by atoms with E-state index >= 15 is 0 Å². The number of ether oxygens (including phenoxy) is 1. The van der Waals surface area contributed by atoms with E-state index < -0.39 is 17.8 Å². The number of esters is 1. The highest BCUT2D eigenvalue weighted by Gasteiger charge is 2.18. The lowest BCUT2D eigenvalue weighted by atomic mass is 9.93. The first kappa shape index (κ1) is 16.2. The third-order valence-electron chi connectivity index (χ3n) is 2.22. The van der Waals surface area contributed by atoms with Crippen LogP contribution in [0.4, 0.5) is 5.00 Å². The van der Waals surface area contributed by atoms with Crippen molar-refractivity contribution in [1.82, 2.24) is 0 Å². The van der Waals surface area contributed by atoms with Gasteiger partial charge in [-0.15, -0.1) is 11.3 Å². The molecule has 0 unspecified atom stereocenters. The summed E-state index contributed by atoms with van der Waals surface area (Å²) in [6.45, 7) is 5.32. The van der Waals surface area contributed by atoms with Crippen molar-refractivity contribution in [2.45, 2.75) is 27.2 Å². The van der Waals surface area contributed by atoms with Crippen LogP contribution in [0.2, 0.25) is 0 Å². The topological polar surface area (TPSA) is 98.5 Å². The normalized spacial score (nSPS) is 10.9. The number of nitrogens with one attached hydrogen (secondary N) is 1. The summed E-state index contributed by atoms with van der Waals surface area (Å²) in [4.78, 5) is 34.2. The first-order chi connectivity index (χ1) is 9.19. The third-order valence-corrected chi connectivity index (χ3v) is 3.05. The molecule has 20 heavy (non-hydrogen) atoms. The second-order valence-corrected chi connectivity index (χ2v) is 6.39. The average molecular weight is 298 g/mol. The van der Waals surface area contributed by atoms with E-state index in [1.165, 1.54) is 17.4 Å². The van der Waals surface area contributed by atoms with Gasteiger partial charge < -0.3 is 15.8 Å². The third kappa shape index (κ3) is 5.40. The molecule has 0 aromatic carbocycles. The molecule has 0 saturated carbocycles. The summed E-state index contributed by atoms with van der Waals surface area (Å²) >= 11 is 1.18. The zero-order chi connectivity index (χ0) is 15.3. The number of anilines is 1.